The van der Waals surface area contributed by atoms with Gasteiger partial charge in [-0.1, -0.05) is 103 Å². The summed E-state index contributed by atoms with van der Waals surface area (Å²) in [5.41, 5.74) is 3.01. The van der Waals surface area contributed by atoms with Gasteiger partial charge in [0.05, 0.1) is 23.1 Å². The fourth-order valence-corrected chi connectivity index (χ4v) is 6.17. The molecule has 41 heavy (non-hydrogen) atoms. The molecule has 1 aromatic carbocycles. The average Bonchev–Trinajstić information content (AvgIpc) is 3.01. The van der Waals surface area contributed by atoms with E-state index >= 15 is 0 Å². The van der Waals surface area contributed by atoms with Crippen LogP contribution in [-0.4, -0.2) is 11.0 Å². The minimum absolute atomic E-state index is 0.115. The molecule has 0 saturated heterocycles. The quantitative estimate of drug-likeness (QED) is 0.0977. The average molecular weight is 559 g/mol. The highest BCUT2D eigenvalue weighted by atomic mass is 16.5. The zero-order valence-corrected chi connectivity index (χ0v) is 26.0. The van der Waals surface area contributed by atoms with E-state index in [9.17, 15) is 10.1 Å². The highest BCUT2D eigenvalue weighted by Crippen LogP contribution is 2.43. The summed E-state index contributed by atoms with van der Waals surface area (Å²) in [6.07, 6.45) is 25.3. The first kappa shape index (κ1) is 32.8. The highest BCUT2D eigenvalue weighted by Gasteiger charge is 2.38. The molecule has 2 aromatic rings. The van der Waals surface area contributed by atoms with Crippen LogP contribution in [0, 0.1) is 22.7 Å². The van der Waals surface area contributed by atoms with Crippen LogP contribution in [0.15, 0.2) is 42.6 Å². The molecule has 3 rings (SSSR count). The highest BCUT2D eigenvalue weighted by molar-refractivity contribution is 5.75. The SMILES string of the molecule is CCCCCCCCCCc1ccc(-c2ccc(OC(=O)[C@H]3CC[C@@](C#N)(CCCCCCCC)CC3)cc2)nc1. The number of esters is 1. The van der Waals surface area contributed by atoms with Crippen LogP contribution in [0.4, 0.5) is 0 Å². The lowest BCUT2D eigenvalue weighted by atomic mass is 9.69. The maximum absolute atomic E-state index is 12.9. The zero-order valence-electron chi connectivity index (χ0n) is 26.0. The second kappa shape index (κ2) is 18.7. The van der Waals surface area contributed by atoms with Crippen molar-refractivity contribution in [3.8, 4) is 23.1 Å². The topological polar surface area (TPSA) is 63.0 Å². The van der Waals surface area contributed by atoms with E-state index in [0.717, 1.165) is 56.2 Å². The lowest BCUT2D eigenvalue weighted by Crippen LogP contribution is -2.31. The van der Waals surface area contributed by atoms with Crippen molar-refractivity contribution >= 4 is 5.97 Å². The first-order valence-corrected chi connectivity index (χ1v) is 16.8. The molecule has 1 heterocycles. The fraction of sp³-hybridized carbons (Fsp3) is 0.649. The number of benzene rings is 1. The van der Waals surface area contributed by atoms with Crippen LogP contribution in [0.1, 0.15) is 141 Å². The van der Waals surface area contributed by atoms with Crippen molar-refractivity contribution in [2.75, 3.05) is 0 Å². The molecule has 0 bridgehead atoms. The number of nitrogens with zero attached hydrogens (tertiary/aromatic N) is 2. The molecular weight excluding hydrogens is 504 g/mol. The predicted octanol–water partition coefficient (Wildman–Crippen LogP) is 10.8. The second-order valence-corrected chi connectivity index (χ2v) is 12.4. The Labute approximate surface area is 250 Å². The van der Waals surface area contributed by atoms with Gasteiger partial charge in [0.2, 0.25) is 0 Å². The molecule has 0 atom stereocenters. The van der Waals surface area contributed by atoms with Crippen LogP contribution >= 0.6 is 0 Å². The molecule has 1 aromatic heterocycles. The van der Waals surface area contributed by atoms with Gasteiger partial charge in [0.15, 0.2) is 0 Å². The van der Waals surface area contributed by atoms with Crippen LogP contribution < -0.4 is 4.74 Å². The summed E-state index contributed by atoms with van der Waals surface area (Å²) in [6, 6.07) is 14.6. The zero-order chi connectivity index (χ0) is 29.2. The number of aromatic nitrogens is 1. The number of unbranched alkanes of at least 4 members (excludes halogenated alkanes) is 12. The number of pyridine rings is 1. The summed E-state index contributed by atoms with van der Waals surface area (Å²) in [5.74, 6) is 0.303. The number of rotatable bonds is 19. The van der Waals surface area contributed by atoms with Crippen LogP contribution in [0.5, 0.6) is 5.75 Å². The molecule has 1 aliphatic rings. The summed E-state index contributed by atoms with van der Waals surface area (Å²) < 4.78 is 5.75. The van der Waals surface area contributed by atoms with Gasteiger partial charge in [0.25, 0.3) is 0 Å². The first-order valence-electron chi connectivity index (χ1n) is 16.8. The Bertz CT molecular complexity index is 1030. The standard InChI is InChI=1S/C37H54N2O2/c1-3-5-7-9-11-12-13-15-17-31-18-23-35(39-29-31)32-19-21-34(22-20-32)41-36(40)33-24-27-37(30-38,28-25-33)26-16-14-10-8-6-4-2/h18-23,29,33H,3-17,24-28H2,1-2H3/t33-,37-. The molecule has 0 radical (unpaired) electrons. The molecule has 1 aliphatic carbocycles. The third-order valence-corrected chi connectivity index (χ3v) is 9.03. The molecule has 0 aliphatic heterocycles. The van der Waals surface area contributed by atoms with Gasteiger partial charge < -0.3 is 4.74 Å². The smallest absolute Gasteiger partial charge is 0.314 e. The van der Waals surface area contributed by atoms with Gasteiger partial charge in [-0.05, 0) is 80.8 Å². The number of hydrogen-bond donors (Lipinski definition) is 0. The van der Waals surface area contributed by atoms with Gasteiger partial charge in [0, 0.05) is 11.8 Å². The number of carbonyl (C=O) groups is 1. The van der Waals surface area contributed by atoms with Gasteiger partial charge in [-0.3, -0.25) is 9.78 Å². The van der Waals surface area contributed by atoms with E-state index in [-0.39, 0.29) is 17.3 Å². The van der Waals surface area contributed by atoms with Crippen LogP contribution in [-0.2, 0) is 11.2 Å². The third-order valence-electron chi connectivity index (χ3n) is 9.03. The van der Waals surface area contributed by atoms with Crippen molar-refractivity contribution in [3.63, 3.8) is 0 Å². The largest absolute Gasteiger partial charge is 0.426 e. The maximum Gasteiger partial charge on any atom is 0.314 e. The third kappa shape index (κ3) is 11.6. The van der Waals surface area contributed by atoms with Gasteiger partial charge >= 0.3 is 5.97 Å². The fourth-order valence-electron chi connectivity index (χ4n) is 6.17. The number of carbonyl (C=O) groups excluding carboxylic acids is 1. The van der Waals surface area contributed by atoms with Gasteiger partial charge in [-0.2, -0.15) is 5.26 Å². The van der Waals surface area contributed by atoms with Gasteiger partial charge in [-0.15, -0.1) is 0 Å². The molecule has 0 unspecified atom stereocenters. The maximum atomic E-state index is 12.9. The predicted molar refractivity (Wildman–Crippen MR) is 170 cm³/mol. The molecule has 1 fully saturated rings. The second-order valence-electron chi connectivity index (χ2n) is 12.4. The van der Waals surface area contributed by atoms with Crippen molar-refractivity contribution < 1.29 is 9.53 Å². The summed E-state index contributed by atoms with van der Waals surface area (Å²) in [7, 11) is 0. The number of aryl methyl sites for hydroxylation is 1. The number of nitriles is 1. The van der Waals surface area contributed by atoms with Crippen molar-refractivity contribution in [1.29, 1.82) is 5.26 Å². The van der Waals surface area contributed by atoms with E-state index in [1.54, 1.807) is 0 Å². The Morgan fingerprint density at radius 2 is 1.41 bits per heavy atom. The molecule has 0 N–H and O–H groups in total. The number of hydrogen-bond acceptors (Lipinski definition) is 4. The van der Waals surface area contributed by atoms with Crippen LogP contribution in [0.2, 0.25) is 0 Å². The van der Waals surface area contributed by atoms with Crippen molar-refractivity contribution in [1.82, 2.24) is 4.98 Å². The Morgan fingerprint density at radius 3 is 1.98 bits per heavy atom. The molecule has 1 saturated carbocycles. The number of ether oxygens (including phenoxy) is 1. The first-order chi connectivity index (χ1) is 20.1. The van der Waals surface area contributed by atoms with Crippen LogP contribution in [0.25, 0.3) is 11.3 Å². The Hall–Kier alpha value is -2.67. The lowest BCUT2D eigenvalue weighted by Gasteiger charge is -2.34. The summed E-state index contributed by atoms with van der Waals surface area (Å²) in [5, 5.41) is 9.89. The summed E-state index contributed by atoms with van der Waals surface area (Å²) in [4.78, 5) is 17.6. The van der Waals surface area contributed by atoms with E-state index in [1.165, 1.54) is 89.0 Å². The summed E-state index contributed by atoms with van der Waals surface area (Å²) in [6.45, 7) is 4.50. The molecule has 4 nitrogen and oxygen atoms in total. The molecule has 0 amide bonds. The Balaban J connectivity index is 1.38. The Kier molecular flexibility index (Phi) is 15.0. The monoisotopic (exact) mass is 558 g/mol. The van der Waals surface area contributed by atoms with Gasteiger partial charge in [-0.25, -0.2) is 0 Å². The molecule has 0 spiro atoms. The minimum atomic E-state index is -0.250. The van der Waals surface area contributed by atoms with Crippen molar-refractivity contribution in [2.45, 2.75) is 142 Å². The van der Waals surface area contributed by atoms with Crippen molar-refractivity contribution in [3.05, 3.63) is 48.2 Å². The Morgan fingerprint density at radius 1 is 0.829 bits per heavy atom. The van der Waals surface area contributed by atoms with E-state index in [4.69, 9.17) is 4.74 Å². The van der Waals surface area contributed by atoms with E-state index < -0.39 is 0 Å². The van der Waals surface area contributed by atoms with Crippen molar-refractivity contribution in [2.24, 2.45) is 11.3 Å². The van der Waals surface area contributed by atoms with Gasteiger partial charge in [0.1, 0.15) is 5.75 Å². The summed E-state index contributed by atoms with van der Waals surface area (Å²) >= 11 is 0. The normalized spacial score (nSPS) is 18.6. The minimum Gasteiger partial charge on any atom is -0.426 e. The molecular formula is C37H54N2O2. The lowest BCUT2D eigenvalue weighted by molar-refractivity contribution is -0.140. The van der Waals surface area contributed by atoms with E-state index in [0.29, 0.717) is 5.75 Å². The van der Waals surface area contributed by atoms with Crippen LogP contribution in [0.3, 0.4) is 0 Å². The van der Waals surface area contributed by atoms with E-state index in [1.807, 2.05) is 30.5 Å². The molecule has 4 heteroatoms. The molecule has 224 valence electrons. The van der Waals surface area contributed by atoms with E-state index in [2.05, 4.69) is 37.0 Å².